The minimum Gasteiger partial charge on any atom is -0.365 e. The second-order valence-electron chi connectivity index (χ2n) is 10.1. The van der Waals surface area contributed by atoms with Crippen molar-refractivity contribution in [1.29, 1.82) is 0 Å². The molecule has 4 nitrogen and oxygen atoms in total. The van der Waals surface area contributed by atoms with Crippen LogP contribution in [-0.2, 0) is 17.6 Å². The second kappa shape index (κ2) is 12.8. The minimum absolute atomic E-state index is 0.117. The molecule has 1 heterocycles. The Kier molecular flexibility index (Phi) is 9.76. The Morgan fingerprint density at radius 2 is 1.62 bits per heavy atom. The highest BCUT2D eigenvalue weighted by molar-refractivity contribution is 5.82. The van der Waals surface area contributed by atoms with Crippen molar-refractivity contribution < 1.29 is 4.79 Å². The van der Waals surface area contributed by atoms with Crippen LogP contribution in [0.2, 0.25) is 0 Å². The van der Waals surface area contributed by atoms with Crippen LogP contribution in [0.1, 0.15) is 58.1 Å². The highest BCUT2D eigenvalue weighted by atomic mass is 16.2. The standard InChI is InChI=1S/C30H43N3O/c1-5-24(4)29(31)30(34)32-20-18-28(19-21-32)33(22-17-23(2)3)27-15-13-26(14-16-27)12-11-25-9-7-6-8-10-25/h6-10,13-17,24,28-29H,5,11-12,18-22,31H2,1-4H3/t24-,29-/m0/s1. The van der Waals surface area contributed by atoms with E-state index in [1.165, 1.54) is 22.4 Å². The van der Waals surface area contributed by atoms with E-state index in [1.54, 1.807) is 0 Å². The highest BCUT2D eigenvalue weighted by Gasteiger charge is 2.30. The average molecular weight is 462 g/mol. The lowest BCUT2D eigenvalue weighted by molar-refractivity contribution is -0.134. The summed E-state index contributed by atoms with van der Waals surface area (Å²) >= 11 is 0. The fourth-order valence-electron chi connectivity index (χ4n) is 4.64. The van der Waals surface area contributed by atoms with Crippen LogP contribution in [0.3, 0.4) is 0 Å². The Labute approximate surface area is 206 Å². The van der Waals surface area contributed by atoms with Crippen LogP contribution < -0.4 is 10.6 Å². The quantitative estimate of drug-likeness (QED) is 0.468. The number of likely N-dealkylation sites (tertiary alicyclic amines) is 1. The fraction of sp³-hybridized carbons (Fsp3) is 0.500. The summed E-state index contributed by atoms with van der Waals surface area (Å²) in [5, 5.41) is 0. The van der Waals surface area contributed by atoms with Gasteiger partial charge in [-0.25, -0.2) is 0 Å². The fourth-order valence-corrected chi connectivity index (χ4v) is 4.64. The number of rotatable bonds is 10. The molecule has 0 bridgehead atoms. The van der Waals surface area contributed by atoms with E-state index in [0.29, 0.717) is 6.04 Å². The average Bonchev–Trinajstić information content (AvgIpc) is 2.87. The molecule has 0 aromatic heterocycles. The molecule has 2 aromatic rings. The van der Waals surface area contributed by atoms with Gasteiger partial charge in [-0.3, -0.25) is 4.79 Å². The van der Waals surface area contributed by atoms with Crippen LogP contribution in [0, 0.1) is 5.92 Å². The summed E-state index contributed by atoms with van der Waals surface area (Å²) in [6.07, 6.45) is 7.31. The maximum Gasteiger partial charge on any atom is 0.239 e. The Morgan fingerprint density at radius 1 is 1.03 bits per heavy atom. The van der Waals surface area contributed by atoms with Crippen LogP contribution in [-0.4, -0.2) is 42.5 Å². The van der Waals surface area contributed by atoms with Crippen molar-refractivity contribution in [2.24, 2.45) is 11.7 Å². The molecule has 184 valence electrons. The SMILES string of the molecule is CC[C@H](C)[C@H](N)C(=O)N1CCC(N(CC=C(C)C)c2ccc(CCc3ccccc3)cc2)CC1. The lowest BCUT2D eigenvalue weighted by Crippen LogP contribution is -2.52. The monoisotopic (exact) mass is 461 g/mol. The number of benzene rings is 2. The third kappa shape index (κ3) is 7.20. The van der Waals surface area contributed by atoms with E-state index in [2.05, 4.69) is 93.3 Å². The molecule has 3 rings (SSSR count). The van der Waals surface area contributed by atoms with Crippen molar-refractivity contribution in [2.75, 3.05) is 24.5 Å². The molecule has 1 fully saturated rings. The first-order chi connectivity index (χ1) is 16.4. The third-order valence-corrected chi connectivity index (χ3v) is 7.27. The molecule has 0 saturated carbocycles. The normalized spacial score (nSPS) is 16.1. The summed E-state index contributed by atoms with van der Waals surface area (Å²) < 4.78 is 0. The number of hydrogen-bond donors (Lipinski definition) is 1. The van der Waals surface area contributed by atoms with Crippen molar-refractivity contribution in [3.63, 3.8) is 0 Å². The first-order valence-corrected chi connectivity index (χ1v) is 13.0. The summed E-state index contributed by atoms with van der Waals surface area (Å²) in [4.78, 5) is 17.3. The zero-order valence-corrected chi connectivity index (χ0v) is 21.5. The van der Waals surface area contributed by atoms with Crippen LogP contribution in [0.5, 0.6) is 0 Å². The maximum atomic E-state index is 12.8. The summed E-state index contributed by atoms with van der Waals surface area (Å²) in [7, 11) is 0. The predicted molar refractivity (Wildman–Crippen MR) is 144 cm³/mol. The van der Waals surface area contributed by atoms with E-state index in [-0.39, 0.29) is 17.9 Å². The number of amides is 1. The molecule has 0 radical (unpaired) electrons. The number of carbonyl (C=O) groups excluding carboxylic acids is 1. The number of nitrogens with zero attached hydrogens (tertiary/aromatic N) is 2. The largest absolute Gasteiger partial charge is 0.365 e. The summed E-state index contributed by atoms with van der Waals surface area (Å²) in [6, 6.07) is 19.8. The number of nitrogens with two attached hydrogens (primary N) is 1. The zero-order valence-electron chi connectivity index (χ0n) is 21.5. The van der Waals surface area contributed by atoms with Gasteiger partial charge in [-0.15, -0.1) is 0 Å². The van der Waals surface area contributed by atoms with Gasteiger partial charge in [-0.05, 0) is 68.7 Å². The van der Waals surface area contributed by atoms with Crippen LogP contribution >= 0.6 is 0 Å². The number of carbonyl (C=O) groups is 1. The van der Waals surface area contributed by atoms with E-state index in [0.717, 1.165) is 51.7 Å². The number of anilines is 1. The van der Waals surface area contributed by atoms with Crippen LogP contribution in [0.15, 0.2) is 66.2 Å². The molecule has 1 amide bonds. The highest BCUT2D eigenvalue weighted by Crippen LogP contribution is 2.25. The van der Waals surface area contributed by atoms with Gasteiger partial charge in [0.2, 0.25) is 5.91 Å². The van der Waals surface area contributed by atoms with E-state index < -0.39 is 0 Å². The van der Waals surface area contributed by atoms with Crippen molar-refractivity contribution >= 4 is 11.6 Å². The van der Waals surface area contributed by atoms with Gasteiger partial charge in [0.1, 0.15) is 0 Å². The molecule has 2 N–H and O–H groups in total. The van der Waals surface area contributed by atoms with E-state index in [9.17, 15) is 4.79 Å². The van der Waals surface area contributed by atoms with E-state index >= 15 is 0 Å². The molecule has 1 aliphatic heterocycles. The van der Waals surface area contributed by atoms with Crippen molar-refractivity contribution in [3.8, 4) is 0 Å². The molecular weight excluding hydrogens is 418 g/mol. The summed E-state index contributed by atoms with van der Waals surface area (Å²) in [5.74, 6) is 0.339. The lowest BCUT2D eigenvalue weighted by atomic mass is 9.96. The first kappa shape index (κ1) is 26.0. The van der Waals surface area contributed by atoms with Crippen molar-refractivity contribution in [1.82, 2.24) is 4.90 Å². The summed E-state index contributed by atoms with van der Waals surface area (Å²) in [5.41, 5.74) is 11.6. The summed E-state index contributed by atoms with van der Waals surface area (Å²) in [6.45, 7) is 10.9. The van der Waals surface area contributed by atoms with Crippen LogP contribution in [0.4, 0.5) is 5.69 Å². The van der Waals surface area contributed by atoms with Gasteiger partial charge in [0, 0.05) is 31.4 Å². The Balaban J connectivity index is 1.64. The molecule has 1 aliphatic rings. The number of hydrogen-bond acceptors (Lipinski definition) is 3. The molecule has 1 saturated heterocycles. The number of piperidine rings is 1. The smallest absolute Gasteiger partial charge is 0.239 e. The predicted octanol–water partition coefficient (Wildman–Crippen LogP) is 5.61. The molecule has 4 heteroatoms. The molecule has 2 atom stereocenters. The van der Waals surface area contributed by atoms with Crippen molar-refractivity contribution in [2.45, 2.75) is 71.9 Å². The molecular formula is C30H43N3O. The zero-order chi connectivity index (χ0) is 24.5. The maximum absolute atomic E-state index is 12.8. The Morgan fingerprint density at radius 3 is 2.18 bits per heavy atom. The minimum atomic E-state index is -0.383. The van der Waals surface area contributed by atoms with Gasteiger partial charge in [-0.1, -0.05) is 74.4 Å². The van der Waals surface area contributed by atoms with Gasteiger partial charge in [-0.2, -0.15) is 0 Å². The molecule has 0 spiro atoms. The molecule has 2 aromatic carbocycles. The van der Waals surface area contributed by atoms with Crippen LogP contribution in [0.25, 0.3) is 0 Å². The van der Waals surface area contributed by atoms with Gasteiger partial charge in [0.15, 0.2) is 0 Å². The molecule has 0 unspecified atom stereocenters. The Hall–Kier alpha value is -2.59. The van der Waals surface area contributed by atoms with Gasteiger partial charge in [0.25, 0.3) is 0 Å². The van der Waals surface area contributed by atoms with E-state index in [4.69, 9.17) is 5.73 Å². The lowest BCUT2D eigenvalue weighted by Gasteiger charge is -2.40. The number of allylic oxidation sites excluding steroid dienone is 1. The van der Waals surface area contributed by atoms with Gasteiger partial charge in [0.05, 0.1) is 6.04 Å². The Bertz CT molecular complexity index is 910. The second-order valence-corrected chi connectivity index (χ2v) is 10.1. The molecule has 0 aliphatic carbocycles. The van der Waals surface area contributed by atoms with Gasteiger partial charge < -0.3 is 15.5 Å². The van der Waals surface area contributed by atoms with Crippen molar-refractivity contribution in [3.05, 3.63) is 77.4 Å². The topological polar surface area (TPSA) is 49.6 Å². The van der Waals surface area contributed by atoms with E-state index in [1.807, 2.05) is 4.90 Å². The number of aryl methyl sites for hydroxylation is 2. The first-order valence-electron chi connectivity index (χ1n) is 13.0. The third-order valence-electron chi connectivity index (χ3n) is 7.27. The molecule has 34 heavy (non-hydrogen) atoms. The van der Waals surface area contributed by atoms with Gasteiger partial charge >= 0.3 is 0 Å².